The Balaban J connectivity index is 2.32. The number of carbonyl (C=O) groups excluding carboxylic acids is 2. The highest BCUT2D eigenvalue weighted by molar-refractivity contribution is 6.35. The third-order valence-electron chi connectivity index (χ3n) is 5.22. The normalized spacial score (nSPS) is 12.9. The van der Waals surface area contributed by atoms with E-state index in [0.29, 0.717) is 16.5 Å². The quantitative estimate of drug-likeness (QED) is 0.545. The molecule has 1 N–H and O–H groups in total. The molecule has 0 heterocycles. The van der Waals surface area contributed by atoms with E-state index in [4.69, 9.17) is 23.2 Å². The van der Waals surface area contributed by atoms with Crippen molar-refractivity contribution in [2.24, 2.45) is 0 Å². The van der Waals surface area contributed by atoms with E-state index in [1.807, 2.05) is 52.0 Å². The molecule has 0 radical (unpaired) electrons. The Labute approximate surface area is 189 Å². The van der Waals surface area contributed by atoms with Gasteiger partial charge in [0.05, 0.1) is 6.42 Å². The van der Waals surface area contributed by atoms with Crippen LogP contribution in [0.25, 0.3) is 0 Å². The molecule has 0 saturated heterocycles. The standard InChI is InChI=1S/C24H30Cl2N2O2/c1-5-17(4)27-24(30)22(6-2)28(15-19-11-12-20(25)14-21(19)26)23(29)13-18-9-7-16(3)8-10-18/h7-12,14,17,22H,5-6,13,15H2,1-4H3,(H,27,30). The maximum absolute atomic E-state index is 13.3. The van der Waals surface area contributed by atoms with Crippen LogP contribution >= 0.6 is 23.2 Å². The number of benzene rings is 2. The maximum Gasteiger partial charge on any atom is 0.243 e. The Bertz CT molecular complexity index is 868. The number of halogens is 2. The summed E-state index contributed by atoms with van der Waals surface area (Å²) >= 11 is 12.4. The van der Waals surface area contributed by atoms with Crippen molar-refractivity contribution in [1.29, 1.82) is 0 Å². The molecule has 0 aliphatic carbocycles. The van der Waals surface area contributed by atoms with Gasteiger partial charge in [0.2, 0.25) is 11.8 Å². The van der Waals surface area contributed by atoms with Crippen molar-refractivity contribution in [3.63, 3.8) is 0 Å². The molecular formula is C24H30Cl2N2O2. The summed E-state index contributed by atoms with van der Waals surface area (Å²) in [4.78, 5) is 27.9. The highest BCUT2D eigenvalue weighted by Gasteiger charge is 2.29. The van der Waals surface area contributed by atoms with Gasteiger partial charge in [0.25, 0.3) is 0 Å². The average Bonchev–Trinajstić information content (AvgIpc) is 2.70. The molecule has 2 rings (SSSR count). The molecule has 30 heavy (non-hydrogen) atoms. The molecule has 2 atom stereocenters. The fourth-order valence-corrected chi connectivity index (χ4v) is 3.64. The van der Waals surface area contributed by atoms with Gasteiger partial charge in [0, 0.05) is 22.6 Å². The Morgan fingerprint density at radius 2 is 1.70 bits per heavy atom. The molecule has 0 fully saturated rings. The molecule has 2 unspecified atom stereocenters. The van der Waals surface area contributed by atoms with Gasteiger partial charge in [0.15, 0.2) is 0 Å². The molecule has 2 amide bonds. The van der Waals surface area contributed by atoms with E-state index >= 15 is 0 Å². The second kappa shape index (κ2) is 11.4. The zero-order chi connectivity index (χ0) is 22.3. The lowest BCUT2D eigenvalue weighted by molar-refractivity contribution is -0.141. The largest absolute Gasteiger partial charge is 0.352 e. The summed E-state index contributed by atoms with van der Waals surface area (Å²) in [5.74, 6) is -0.259. The third-order valence-corrected chi connectivity index (χ3v) is 5.81. The number of hydrogen-bond donors (Lipinski definition) is 1. The third kappa shape index (κ3) is 6.75. The number of rotatable bonds is 9. The Morgan fingerprint density at radius 3 is 2.27 bits per heavy atom. The van der Waals surface area contributed by atoms with E-state index in [-0.39, 0.29) is 30.8 Å². The van der Waals surface area contributed by atoms with Crippen LogP contribution in [0.1, 0.15) is 50.3 Å². The minimum absolute atomic E-state index is 0.0414. The van der Waals surface area contributed by atoms with Gasteiger partial charge in [-0.15, -0.1) is 0 Å². The number of carbonyl (C=O) groups is 2. The van der Waals surface area contributed by atoms with Crippen LogP contribution in [0.5, 0.6) is 0 Å². The summed E-state index contributed by atoms with van der Waals surface area (Å²) in [5, 5.41) is 4.02. The Hall–Kier alpha value is -2.04. The van der Waals surface area contributed by atoms with Crippen LogP contribution in [0.4, 0.5) is 0 Å². The van der Waals surface area contributed by atoms with E-state index in [9.17, 15) is 9.59 Å². The van der Waals surface area contributed by atoms with Crippen LogP contribution in [-0.2, 0) is 22.6 Å². The van der Waals surface area contributed by atoms with Gasteiger partial charge in [-0.25, -0.2) is 0 Å². The summed E-state index contributed by atoms with van der Waals surface area (Å²) in [6.07, 6.45) is 1.55. The molecule has 0 spiro atoms. The average molecular weight is 449 g/mol. The van der Waals surface area contributed by atoms with Crippen LogP contribution in [0, 0.1) is 6.92 Å². The van der Waals surface area contributed by atoms with Crippen molar-refractivity contribution in [3.05, 3.63) is 69.2 Å². The number of amides is 2. The van der Waals surface area contributed by atoms with Crippen molar-refractivity contribution in [2.75, 3.05) is 0 Å². The van der Waals surface area contributed by atoms with Crippen molar-refractivity contribution >= 4 is 35.0 Å². The summed E-state index contributed by atoms with van der Waals surface area (Å²) < 4.78 is 0. The minimum Gasteiger partial charge on any atom is -0.352 e. The number of nitrogens with one attached hydrogen (secondary N) is 1. The molecule has 6 heteroatoms. The van der Waals surface area contributed by atoms with Crippen molar-refractivity contribution in [1.82, 2.24) is 10.2 Å². The van der Waals surface area contributed by atoms with Crippen molar-refractivity contribution in [2.45, 2.75) is 65.6 Å². The molecule has 0 saturated carbocycles. The molecular weight excluding hydrogens is 419 g/mol. The molecule has 0 aliphatic rings. The van der Waals surface area contributed by atoms with Gasteiger partial charge in [-0.2, -0.15) is 0 Å². The van der Waals surface area contributed by atoms with Crippen LogP contribution in [0.3, 0.4) is 0 Å². The number of hydrogen-bond acceptors (Lipinski definition) is 2. The first-order valence-electron chi connectivity index (χ1n) is 10.3. The fraction of sp³-hybridized carbons (Fsp3) is 0.417. The highest BCUT2D eigenvalue weighted by Crippen LogP contribution is 2.24. The molecule has 2 aromatic rings. The monoisotopic (exact) mass is 448 g/mol. The second-order valence-electron chi connectivity index (χ2n) is 7.66. The first-order valence-corrected chi connectivity index (χ1v) is 11.1. The Morgan fingerprint density at radius 1 is 1.03 bits per heavy atom. The lowest BCUT2D eigenvalue weighted by atomic mass is 10.1. The summed E-state index contributed by atoms with van der Waals surface area (Å²) in [5.41, 5.74) is 2.80. The van der Waals surface area contributed by atoms with Crippen LogP contribution in [0.2, 0.25) is 10.0 Å². The van der Waals surface area contributed by atoms with Crippen molar-refractivity contribution in [3.8, 4) is 0 Å². The van der Waals surface area contributed by atoms with Crippen LogP contribution < -0.4 is 5.32 Å². The highest BCUT2D eigenvalue weighted by atomic mass is 35.5. The first-order chi connectivity index (χ1) is 14.2. The summed E-state index contributed by atoms with van der Waals surface area (Å²) in [6, 6.07) is 12.5. The molecule has 0 aliphatic heterocycles. The van der Waals surface area contributed by atoms with E-state index < -0.39 is 6.04 Å². The fourth-order valence-electron chi connectivity index (χ4n) is 3.18. The molecule has 4 nitrogen and oxygen atoms in total. The SMILES string of the molecule is CCC(C)NC(=O)C(CC)N(Cc1ccc(Cl)cc1Cl)C(=O)Cc1ccc(C)cc1. The van der Waals surface area contributed by atoms with Gasteiger partial charge in [0.1, 0.15) is 6.04 Å². The zero-order valence-electron chi connectivity index (χ0n) is 18.0. The van der Waals surface area contributed by atoms with Gasteiger partial charge in [-0.3, -0.25) is 9.59 Å². The van der Waals surface area contributed by atoms with Crippen LogP contribution in [0.15, 0.2) is 42.5 Å². The first kappa shape index (κ1) is 24.2. The van der Waals surface area contributed by atoms with Gasteiger partial charge < -0.3 is 10.2 Å². The zero-order valence-corrected chi connectivity index (χ0v) is 19.6. The smallest absolute Gasteiger partial charge is 0.243 e. The maximum atomic E-state index is 13.3. The lowest BCUT2D eigenvalue weighted by Gasteiger charge is -2.32. The predicted octanol–water partition coefficient (Wildman–Crippen LogP) is 5.57. The van der Waals surface area contributed by atoms with E-state index in [1.54, 1.807) is 23.1 Å². The van der Waals surface area contributed by atoms with E-state index in [1.165, 1.54) is 0 Å². The number of aryl methyl sites for hydroxylation is 1. The summed E-state index contributed by atoms with van der Waals surface area (Å²) in [7, 11) is 0. The predicted molar refractivity (Wildman–Crippen MR) is 124 cm³/mol. The van der Waals surface area contributed by atoms with E-state index in [0.717, 1.165) is 23.1 Å². The molecule has 162 valence electrons. The topological polar surface area (TPSA) is 49.4 Å². The van der Waals surface area contributed by atoms with Crippen LogP contribution in [-0.4, -0.2) is 28.8 Å². The molecule has 0 bridgehead atoms. The molecule has 0 aromatic heterocycles. The summed E-state index contributed by atoms with van der Waals surface area (Å²) in [6.45, 7) is 8.13. The minimum atomic E-state index is -0.580. The Kier molecular flexibility index (Phi) is 9.19. The van der Waals surface area contributed by atoms with E-state index in [2.05, 4.69) is 5.32 Å². The lowest BCUT2D eigenvalue weighted by Crippen LogP contribution is -2.51. The van der Waals surface area contributed by atoms with Crippen molar-refractivity contribution < 1.29 is 9.59 Å². The molecule has 2 aromatic carbocycles. The van der Waals surface area contributed by atoms with Gasteiger partial charge in [-0.05, 0) is 49.9 Å². The van der Waals surface area contributed by atoms with Gasteiger partial charge >= 0.3 is 0 Å². The number of nitrogens with zero attached hydrogens (tertiary/aromatic N) is 1. The second-order valence-corrected chi connectivity index (χ2v) is 8.51. The van der Waals surface area contributed by atoms with Gasteiger partial charge in [-0.1, -0.05) is 72.9 Å².